The fourth-order valence-electron chi connectivity index (χ4n) is 2.19. The van der Waals surface area contributed by atoms with Gasteiger partial charge in [0, 0.05) is 18.7 Å². The zero-order valence-corrected chi connectivity index (χ0v) is 12.7. The molecule has 0 radical (unpaired) electrons. The number of ether oxygens (including phenoxy) is 1. The van der Waals surface area contributed by atoms with Gasteiger partial charge < -0.3 is 9.84 Å². The highest BCUT2D eigenvalue weighted by atomic mass is 32.2. The Hall–Kier alpha value is -1.39. The van der Waals surface area contributed by atoms with Gasteiger partial charge in [0.15, 0.2) is 0 Å². The minimum atomic E-state index is -3.59. The van der Waals surface area contributed by atoms with E-state index in [0.717, 1.165) is 12.8 Å². The van der Waals surface area contributed by atoms with Crippen molar-refractivity contribution in [3.8, 4) is 11.8 Å². The summed E-state index contributed by atoms with van der Waals surface area (Å²) in [5, 5.41) is 8.70. The number of sulfonamides is 1. The number of rotatable bonds is 4. The molecule has 1 heterocycles. The summed E-state index contributed by atoms with van der Waals surface area (Å²) < 4.78 is 32.7. The first-order chi connectivity index (χ1) is 10.0. The highest BCUT2D eigenvalue weighted by Crippen LogP contribution is 2.18. The Balaban J connectivity index is 2.17. The third-order valence-corrected chi connectivity index (χ3v) is 4.88. The topological polar surface area (TPSA) is 75.6 Å². The lowest BCUT2D eigenvalue weighted by atomic mass is 10.1. The summed E-state index contributed by atoms with van der Waals surface area (Å²) in [4.78, 5) is 0.213. The van der Waals surface area contributed by atoms with Crippen LogP contribution in [0.4, 0.5) is 0 Å². The largest absolute Gasteiger partial charge is 0.384 e. The zero-order chi connectivity index (χ0) is 15.3. The Labute approximate surface area is 125 Å². The molecule has 1 aromatic carbocycles. The van der Waals surface area contributed by atoms with Crippen molar-refractivity contribution in [1.29, 1.82) is 0 Å². The summed E-state index contributed by atoms with van der Waals surface area (Å²) in [5.41, 5.74) is 1.22. The first-order valence-corrected chi connectivity index (χ1v) is 8.33. The van der Waals surface area contributed by atoms with Crippen LogP contribution in [0.25, 0.3) is 0 Å². The van der Waals surface area contributed by atoms with Gasteiger partial charge in [0.05, 0.1) is 11.0 Å². The Morgan fingerprint density at radius 3 is 2.95 bits per heavy atom. The van der Waals surface area contributed by atoms with Gasteiger partial charge in [-0.1, -0.05) is 17.9 Å². The number of aliphatic hydroxyl groups excluding tert-OH is 1. The molecule has 0 aliphatic carbocycles. The Kier molecular flexibility index (Phi) is 5.37. The second kappa shape index (κ2) is 7.05. The summed E-state index contributed by atoms with van der Waals surface area (Å²) in [6.07, 6.45) is 1.80. The van der Waals surface area contributed by atoms with Gasteiger partial charge in [0.2, 0.25) is 10.0 Å². The van der Waals surface area contributed by atoms with Crippen molar-refractivity contribution in [2.75, 3.05) is 19.8 Å². The molecule has 1 unspecified atom stereocenters. The second-order valence-corrected chi connectivity index (χ2v) is 6.66. The zero-order valence-electron chi connectivity index (χ0n) is 11.9. The van der Waals surface area contributed by atoms with Crippen molar-refractivity contribution < 1.29 is 18.3 Å². The van der Waals surface area contributed by atoms with Crippen LogP contribution in [-0.2, 0) is 14.8 Å². The van der Waals surface area contributed by atoms with Crippen LogP contribution in [-0.4, -0.2) is 39.4 Å². The molecule has 6 heteroatoms. The van der Waals surface area contributed by atoms with E-state index in [1.807, 2.05) is 0 Å². The number of aliphatic hydroxyl groups is 1. The number of hydrogen-bond acceptors (Lipinski definition) is 4. The predicted octanol–water partition coefficient (Wildman–Crippen LogP) is 0.796. The molecule has 0 amide bonds. The van der Waals surface area contributed by atoms with Gasteiger partial charge in [-0.15, -0.1) is 0 Å². The number of hydrogen-bond donors (Lipinski definition) is 2. The van der Waals surface area contributed by atoms with Crippen LogP contribution < -0.4 is 4.72 Å². The van der Waals surface area contributed by atoms with Crippen molar-refractivity contribution in [3.05, 3.63) is 29.3 Å². The molecule has 2 N–H and O–H groups in total. The van der Waals surface area contributed by atoms with Crippen molar-refractivity contribution in [2.24, 2.45) is 0 Å². The lowest BCUT2D eigenvalue weighted by Crippen LogP contribution is -2.32. The normalized spacial score (nSPS) is 18.3. The van der Waals surface area contributed by atoms with Gasteiger partial charge in [0.1, 0.15) is 6.61 Å². The lowest BCUT2D eigenvalue weighted by molar-refractivity contribution is 0.114. The smallest absolute Gasteiger partial charge is 0.240 e. The van der Waals surface area contributed by atoms with E-state index in [2.05, 4.69) is 16.6 Å². The van der Waals surface area contributed by atoms with Crippen LogP contribution in [0, 0.1) is 18.8 Å². The van der Waals surface area contributed by atoms with Crippen molar-refractivity contribution in [3.63, 3.8) is 0 Å². The van der Waals surface area contributed by atoms with Crippen LogP contribution in [0.5, 0.6) is 0 Å². The van der Waals surface area contributed by atoms with E-state index < -0.39 is 10.0 Å². The first kappa shape index (κ1) is 16.0. The molecule has 21 heavy (non-hydrogen) atoms. The van der Waals surface area contributed by atoms with Crippen LogP contribution >= 0.6 is 0 Å². The van der Waals surface area contributed by atoms with Gasteiger partial charge in [-0.3, -0.25) is 0 Å². The predicted molar refractivity (Wildman–Crippen MR) is 79.3 cm³/mol. The number of nitrogens with one attached hydrogen (secondary N) is 1. The molecule has 114 valence electrons. The van der Waals surface area contributed by atoms with E-state index in [-0.39, 0.29) is 24.2 Å². The van der Waals surface area contributed by atoms with E-state index in [9.17, 15) is 8.42 Å². The van der Waals surface area contributed by atoms with Gasteiger partial charge >= 0.3 is 0 Å². The maximum atomic E-state index is 12.4. The molecule has 1 aromatic rings. The fraction of sp³-hybridized carbons (Fsp3) is 0.467. The van der Waals surface area contributed by atoms with Crippen LogP contribution in [0.2, 0.25) is 0 Å². The quantitative estimate of drug-likeness (QED) is 0.807. The fourth-order valence-corrected chi connectivity index (χ4v) is 3.53. The molecule has 5 nitrogen and oxygen atoms in total. The first-order valence-electron chi connectivity index (χ1n) is 6.84. The highest BCUT2D eigenvalue weighted by Gasteiger charge is 2.21. The molecule has 0 bridgehead atoms. The Morgan fingerprint density at radius 2 is 2.29 bits per heavy atom. The molecule has 2 rings (SSSR count). The minimum Gasteiger partial charge on any atom is -0.384 e. The third-order valence-electron chi connectivity index (χ3n) is 3.31. The molecule has 1 atom stereocenters. The molecule has 0 aromatic heterocycles. The second-order valence-electron chi connectivity index (χ2n) is 4.93. The summed E-state index contributed by atoms with van der Waals surface area (Å²) in [6.45, 7) is 2.46. The van der Waals surface area contributed by atoms with Gasteiger partial charge in [-0.25, -0.2) is 13.1 Å². The molecule has 0 spiro atoms. The van der Waals surface area contributed by atoms with E-state index in [1.165, 1.54) is 6.07 Å². The van der Waals surface area contributed by atoms with Crippen LogP contribution in [0.15, 0.2) is 23.1 Å². The van der Waals surface area contributed by atoms with E-state index in [4.69, 9.17) is 9.84 Å². The average Bonchev–Trinajstić information content (AvgIpc) is 2.97. The maximum absolute atomic E-state index is 12.4. The van der Waals surface area contributed by atoms with Gasteiger partial charge in [-0.05, 0) is 37.5 Å². The van der Waals surface area contributed by atoms with E-state index >= 15 is 0 Å². The molecule has 1 aliphatic rings. The minimum absolute atomic E-state index is 0.0440. The Bertz CT molecular complexity index is 652. The maximum Gasteiger partial charge on any atom is 0.240 e. The highest BCUT2D eigenvalue weighted by molar-refractivity contribution is 7.89. The summed E-state index contributed by atoms with van der Waals surface area (Å²) in [5.74, 6) is 5.22. The Morgan fingerprint density at radius 1 is 1.48 bits per heavy atom. The van der Waals surface area contributed by atoms with Gasteiger partial charge in [0.25, 0.3) is 0 Å². The standard InChI is InChI=1S/C15H19NO4S/c1-12-6-7-13(4-2-8-17)10-15(12)21(18,19)16-11-14-5-3-9-20-14/h6-7,10,14,16-17H,3,5,8-9,11H2,1H3. The van der Waals surface area contributed by atoms with Crippen molar-refractivity contribution in [1.82, 2.24) is 4.72 Å². The molecule has 1 fully saturated rings. The third kappa shape index (κ3) is 4.29. The van der Waals surface area contributed by atoms with E-state index in [1.54, 1.807) is 19.1 Å². The molecular weight excluding hydrogens is 290 g/mol. The van der Waals surface area contributed by atoms with Crippen LogP contribution in [0.3, 0.4) is 0 Å². The van der Waals surface area contributed by atoms with Crippen molar-refractivity contribution in [2.45, 2.75) is 30.8 Å². The number of aryl methyl sites for hydroxylation is 1. The average molecular weight is 309 g/mol. The summed E-state index contributed by atoms with van der Waals surface area (Å²) >= 11 is 0. The SMILES string of the molecule is Cc1ccc(C#CCO)cc1S(=O)(=O)NCC1CCCO1. The van der Waals surface area contributed by atoms with E-state index in [0.29, 0.717) is 17.7 Å². The van der Waals surface area contributed by atoms with Crippen LogP contribution in [0.1, 0.15) is 24.0 Å². The summed E-state index contributed by atoms with van der Waals surface area (Å²) in [6, 6.07) is 4.97. The van der Waals surface area contributed by atoms with Crippen molar-refractivity contribution >= 4 is 10.0 Å². The molecule has 1 aliphatic heterocycles. The lowest BCUT2D eigenvalue weighted by Gasteiger charge is -2.13. The molecule has 0 saturated carbocycles. The molecule has 1 saturated heterocycles. The van der Waals surface area contributed by atoms with Gasteiger partial charge in [-0.2, -0.15) is 0 Å². The number of benzene rings is 1. The monoisotopic (exact) mass is 309 g/mol. The summed E-state index contributed by atoms with van der Waals surface area (Å²) in [7, 11) is -3.59. The molecular formula is C15H19NO4S.